The number of nitrogens with zero attached hydrogens (tertiary/aromatic N) is 2. The monoisotopic (exact) mass is 185 g/mol. The summed E-state index contributed by atoms with van der Waals surface area (Å²) in [5.74, 6) is -0.113. The van der Waals surface area contributed by atoms with Gasteiger partial charge in [-0.05, 0) is 32.3 Å². The summed E-state index contributed by atoms with van der Waals surface area (Å²) in [5, 5.41) is 6.39. The molecule has 66 valence electrons. The zero-order valence-corrected chi connectivity index (χ0v) is 8.10. The van der Waals surface area contributed by atoms with Crippen LogP contribution in [0.2, 0.25) is 0 Å². The Hall–Kier alpha value is -0.970. The van der Waals surface area contributed by atoms with Crippen molar-refractivity contribution in [2.75, 3.05) is 0 Å². The van der Waals surface area contributed by atoms with Gasteiger partial charge in [0, 0.05) is 5.54 Å². The van der Waals surface area contributed by atoms with Gasteiger partial charge in [-0.2, -0.15) is 0 Å². The Labute approximate surface area is 75.2 Å². The maximum absolute atomic E-state index is 11.3. The topological polar surface area (TPSA) is 54.9 Å². The van der Waals surface area contributed by atoms with Crippen molar-refractivity contribution >= 4 is 17.4 Å². The number of carbonyl (C=O) groups is 1. The van der Waals surface area contributed by atoms with Crippen LogP contribution in [0, 0.1) is 0 Å². The van der Waals surface area contributed by atoms with Crippen molar-refractivity contribution in [1.29, 1.82) is 0 Å². The maximum Gasteiger partial charge on any atom is 0.265 e. The fourth-order valence-electron chi connectivity index (χ4n) is 0.669. The second-order valence-corrected chi connectivity index (χ2v) is 4.27. The van der Waals surface area contributed by atoms with Crippen molar-refractivity contribution in [3.63, 3.8) is 0 Å². The van der Waals surface area contributed by atoms with Gasteiger partial charge in [0.2, 0.25) is 0 Å². The lowest BCUT2D eigenvalue weighted by Gasteiger charge is -2.19. The Balaban J connectivity index is 2.63. The summed E-state index contributed by atoms with van der Waals surface area (Å²) < 4.78 is 3.60. The first kappa shape index (κ1) is 9.12. The van der Waals surface area contributed by atoms with Gasteiger partial charge in [0.25, 0.3) is 5.91 Å². The van der Waals surface area contributed by atoms with Gasteiger partial charge in [0.05, 0.1) is 6.20 Å². The highest BCUT2D eigenvalue weighted by Gasteiger charge is 2.16. The minimum atomic E-state index is -0.207. The van der Waals surface area contributed by atoms with Crippen LogP contribution in [0.5, 0.6) is 0 Å². The highest BCUT2D eigenvalue weighted by atomic mass is 32.1. The normalized spacial score (nSPS) is 11.2. The van der Waals surface area contributed by atoms with Crippen molar-refractivity contribution in [2.24, 2.45) is 0 Å². The molecule has 4 nitrogen and oxygen atoms in total. The quantitative estimate of drug-likeness (QED) is 0.712. The summed E-state index contributed by atoms with van der Waals surface area (Å²) in [6.07, 6.45) is 1.46. The summed E-state index contributed by atoms with van der Waals surface area (Å²) in [6.45, 7) is 5.79. The first-order valence-electron chi connectivity index (χ1n) is 3.59. The van der Waals surface area contributed by atoms with Crippen LogP contribution < -0.4 is 5.32 Å². The standard InChI is InChI=1S/C7H11N3OS/c1-7(2,3)9-6(11)5-4-8-10-12-5/h4H,1-3H3,(H,9,11). The van der Waals surface area contributed by atoms with Gasteiger partial charge in [-0.1, -0.05) is 4.49 Å². The molecule has 5 heteroatoms. The van der Waals surface area contributed by atoms with Gasteiger partial charge in [-0.3, -0.25) is 4.79 Å². The molecule has 0 fully saturated rings. The average molecular weight is 185 g/mol. The summed E-state index contributed by atoms with van der Waals surface area (Å²) in [4.78, 5) is 11.9. The van der Waals surface area contributed by atoms with E-state index in [1.165, 1.54) is 6.20 Å². The first-order valence-corrected chi connectivity index (χ1v) is 4.36. The van der Waals surface area contributed by atoms with Crippen LogP contribution in [0.4, 0.5) is 0 Å². The van der Waals surface area contributed by atoms with Gasteiger partial charge in [-0.15, -0.1) is 5.10 Å². The third-order valence-electron chi connectivity index (χ3n) is 1.07. The molecule has 1 amide bonds. The Morgan fingerprint density at radius 1 is 1.58 bits per heavy atom. The molecule has 0 aliphatic carbocycles. The van der Waals surface area contributed by atoms with Crippen molar-refractivity contribution < 1.29 is 4.79 Å². The van der Waals surface area contributed by atoms with Crippen LogP contribution in [0.15, 0.2) is 6.20 Å². The molecular weight excluding hydrogens is 174 g/mol. The Morgan fingerprint density at radius 3 is 2.67 bits per heavy atom. The lowest BCUT2D eigenvalue weighted by molar-refractivity contribution is 0.0923. The molecule has 0 bridgehead atoms. The van der Waals surface area contributed by atoms with Gasteiger partial charge < -0.3 is 5.32 Å². The van der Waals surface area contributed by atoms with Gasteiger partial charge in [0.1, 0.15) is 4.88 Å². The minimum Gasteiger partial charge on any atom is -0.347 e. The van der Waals surface area contributed by atoms with Crippen LogP contribution in [0.25, 0.3) is 0 Å². The molecule has 0 aliphatic rings. The van der Waals surface area contributed by atoms with E-state index in [2.05, 4.69) is 14.9 Å². The molecule has 12 heavy (non-hydrogen) atoms. The second kappa shape index (κ2) is 3.18. The van der Waals surface area contributed by atoms with Crippen molar-refractivity contribution in [3.8, 4) is 0 Å². The second-order valence-electron chi connectivity index (χ2n) is 3.49. The van der Waals surface area contributed by atoms with Gasteiger partial charge in [-0.25, -0.2) is 0 Å². The minimum absolute atomic E-state index is 0.113. The average Bonchev–Trinajstić information content (AvgIpc) is 2.32. The molecule has 0 saturated carbocycles. The van der Waals surface area contributed by atoms with E-state index in [-0.39, 0.29) is 11.4 Å². The molecule has 0 spiro atoms. The number of rotatable bonds is 1. The van der Waals surface area contributed by atoms with E-state index in [0.717, 1.165) is 11.5 Å². The number of aromatic nitrogens is 2. The number of nitrogens with one attached hydrogen (secondary N) is 1. The Bertz CT molecular complexity index is 263. The van der Waals surface area contributed by atoms with E-state index in [0.29, 0.717) is 4.88 Å². The molecule has 1 N–H and O–H groups in total. The lowest BCUT2D eigenvalue weighted by Crippen LogP contribution is -2.40. The van der Waals surface area contributed by atoms with Crippen molar-refractivity contribution in [1.82, 2.24) is 14.9 Å². The predicted octanol–water partition coefficient (Wildman–Crippen LogP) is 1.07. The summed E-state index contributed by atoms with van der Waals surface area (Å²) >= 11 is 1.10. The molecule has 1 aromatic rings. The molecule has 0 aliphatic heterocycles. The Kier molecular flexibility index (Phi) is 2.42. The third-order valence-corrected chi connectivity index (χ3v) is 1.74. The van der Waals surface area contributed by atoms with E-state index in [4.69, 9.17) is 0 Å². The molecular formula is C7H11N3OS. The number of hydrogen-bond donors (Lipinski definition) is 1. The SMILES string of the molecule is CC(C)(C)NC(=O)c1cnns1. The third kappa shape index (κ3) is 2.58. The first-order chi connectivity index (χ1) is 5.49. The van der Waals surface area contributed by atoms with E-state index >= 15 is 0 Å². The highest BCUT2D eigenvalue weighted by molar-refractivity contribution is 7.07. The zero-order valence-electron chi connectivity index (χ0n) is 7.29. The highest BCUT2D eigenvalue weighted by Crippen LogP contribution is 2.05. The lowest BCUT2D eigenvalue weighted by atomic mass is 10.1. The van der Waals surface area contributed by atoms with Crippen LogP contribution in [-0.2, 0) is 0 Å². The van der Waals surface area contributed by atoms with Crippen LogP contribution in [0.3, 0.4) is 0 Å². The molecule has 0 saturated heterocycles. The summed E-state index contributed by atoms with van der Waals surface area (Å²) in [7, 11) is 0. The van der Waals surface area contributed by atoms with Crippen LogP contribution >= 0.6 is 11.5 Å². The molecule has 0 unspecified atom stereocenters. The summed E-state index contributed by atoms with van der Waals surface area (Å²) in [5.41, 5.74) is -0.207. The maximum atomic E-state index is 11.3. The number of carbonyl (C=O) groups excluding carboxylic acids is 1. The molecule has 0 radical (unpaired) electrons. The molecule has 1 aromatic heterocycles. The fourth-order valence-corrected chi connectivity index (χ4v) is 1.08. The number of hydrogen-bond acceptors (Lipinski definition) is 4. The zero-order chi connectivity index (χ0) is 9.19. The number of amides is 1. The van der Waals surface area contributed by atoms with Gasteiger partial charge >= 0.3 is 0 Å². The van der Waals surface area contributed by atoms with Gasteiger partial charge in [0.15, 0.2) is 0 Å². The van der Waals surface area contributed by atoms with E-state index in [1.54, 1.807) is 0 Å². The van der Waals surface area contributed by atoms with Crippen LogP contribution in [0.1, 0.15) is 30.4 Å². The van der Waals surface area contributed by atoms with Crippen molar-refractivity contribution in [3.05, 3.63) is 11.1 Å². The Morgan fingerprint density at radius 2 is 2.25 bits per heavy atom. The van der Waals surface area contributed by atoms with E-state index in [9.17, 15) is 4.79 Å². The van der Waals surface area contributed by atoms with E-state index in [1.807, 2.05) is 20.8 Å². The predicted molar refractivity (Wildman–Crippen MR) is 47.1 cm³/mol. The summed E-state index contributed by atoms with van der Waals surface area (Å²) in [6, 6.07) is 0. The van der Waals surface area contributed by atoms with Crippen molar-refractivity contribution in [2.45, 2.75) is 26.3 Å². The molecule has 1 heterocycles. The fraction of sp³-hybridized carbons (Fsp3) is 0.571. The smallest absolute Gasteiger partial charge is 0.265 e. The molecule has 1 rings (SSSR count). The molecule has 0 aromatic carbocycles. The van der Waals surface area contributed by atoms with Crippen LogP contribution in [-0.4, -0.2) is 21.0 Å². The molecule has 0 atom stereocenters. The largest absolute Gasteiger partial charge is 0.347 e. The van der Waals surface area contributed by atoms with E-state index < -0.39 is 0 Å².